The normalized spacial score (nSPS) is 11.0. The molecule has 1 N–H and O–H groups in total. The summed E-state index contributed by atoms with van der Waals surface area (Å²) in [5.74, 6) is -0.624. The van der Waals surface area contributed by atoms with Gasteiger partial charge in [0.25, 0.3) is 0 Å². The van der Waals surface area contributed by atoms with Gasteiger partial charge < -0.3 is 5.32 Å². The summed E-state index contributed by atoms with van der Waals surface area (Å²) in [5, 5.41) is 11.3. The molecule has 0 aliphatic heterocycles. The molecule has 0 aromatic heterocycles. The number of rotatable bonds is 3. The van der Waals surface area contributed by atoms with Crippen molar-refractivity contribution in [2.75, 3.05) is 5.32 Å². The topological polar surface area (TPSA) is 35.8 Å². The van der Waals surface area contributed by atoms with Crippen LogP contribution in [0.5, 0.6) is 0 Å². The van der Waals surface area contributed by atoms with Gasteiger partial charge in [-0.3, -0.25) is 0 Å². The zero-order chi connectivity index (χ0) is 15.5. The number of nitrogens with one attached hydrogen (secondary N) is 1. The first-order chi connectivity index (χ1) is 9.90. The van der Waals surface area contributed by atoms with Crippen LogP contribution in [0.15, 0.2) is 42.5 Å². The minimum Gasteiger partial charge on any atom is -0.379 e. The second-order valence-electron chi connectivity index (χ2n) is 4.36. The number of benzene rings is 2. The first kappa shape index (κ1) is 14.9. The fourth-order valence-corrected chi connectivity index (χ4v) is 1.78. The van der Waals surface area contributed by atoms with E-state index in [0.717, 1.165) is 18.2 Å². The molecule has 0 atom stereocenters. The largest absolute Gasteiger partial charge is 0.416 e. The van der Waals surface area contributed by atoms with Crippen LogP contribution < -0.4 is 5.32 Å². The third-order valence-corrected chi connectivity index (χ3v) is 2.84. The van der Waals surface area contributed by atoms with Gasteiger partial charge in [-0.1, -0.05) is 12.1 Å². The van der Waals surface area contributed by atoms with Gasteiger partial charge in [0.05, 0.1) is 22.9 Å². The third-order valence-electron chi connectivity index (χ3n) is 2.84. The number of nitrogens with zero attached hydrogens (tertiary/aromatic N) is 1. The first-order valence-corrected chi connectivity index (χ1v) is 6.00. The van der Waals surface area contributed by atoms with Crippen LogP contribution in [0.3, 0.4) is 0 Å². The molecule has 2 aromatic rings. The average Bonchev–Trinajstić information content (AvgIpc) is 2.45. The molecule has 0 unspecified atom stereocenters. The van der Waals surface area contributed by atoms with Crippen LogP contribution in [-0.4, -0.2) is 0 Å². The van der Waals surface area contributed by atoms with Crippen molar-refractivity contribution in [2.24, 2.45) is 0 Å². The van der Waals surface area contributed by atoms with Crippen molar-refractivity contribution in [2.45, 2.75) is 12.7 Å². The molecule has 2 rings (SSSR count). The monoisotopic (exact) mass is 294 g/mol. The van der Waals surface area contributed by atoms with Crippen molar-refractivity contribution in [3.05, 3.63) is 65.0 Å². The minimum atomic E-state index is -4.41. The highest BCUT2D eigenvalue weighted by atomic mass is 19.4. The van der Waals surface area contributed by atoms with Crippen LogP contribution in [0.25, 0.3) is 0 Å². The molecule has 6 heteroatoms. The maximum absolute atomic E-state index is 13.6. The van der Waals surface area contributed by atoms with Gasteiger partial charge in [0, 0.05) is 6.54 Å². The van der Waals surface area contributed by atoms with E-state index in [9.17, 15) is 17.6 Å². The Morgan fingerprint density at radius 2 is 1.86 bits per heavy atom. The zero-order valence-corrected chi connectivity index (χ0v) is 10.7. The molecule has 0 spiro atoms. The molecule has 2 aromatic carbocycles. The van der Waals surface area contributed by atoms with Gasteiger partial charge in [-0.2, -0.15) is 18.4 Å². The highest BCUT2D eigenvalue weighted by molar-refractivity contribution is 5.49. The van der Waals surface area contributed by atoms with E-state index in [1.165, 1.54) is 24.3 Å². The second kappa shape index (κ2) is 5.83. The van der Waals surface area contributed by atoms with Gasteiger partial charge in [-0.15, -0.1) is 0 Å². The SMILES string of the molecule is N#Cc1ccc(NCc2cccc(C(F)(F)F)c2)c(F)c1. The molecule has 21 heavy (non-hydrogen) atoms. The Morgan fingerprint density at radius 3 is 2.48 bits per heavy atom. The summed E-state index contributed by atoms with van der Waals surface area (Å²) in [6.45, 7) is 0.0484. The van der Waals surface area contributed by atoms with Crippen molar-refractivity contribution in [3.8, 4) is 6.07 Å². The quantitative estimate of drug-likeness (QED) is 0.855. The van der Waals surface area contributed by atoms with E-state index < -0.39 is 17.6 Å². The smallest absolute Gasteiger partial charge is 0.379 e. The van der Waals surface area contributed by atoms with Crippen molar-refractivity contribution in [1.29, 1.82) is 5.26 Å². The van der Waals surface area contributed by atoms with Crippen LogP contribution >= 0.6 is 0 Å². The van der Waals surface area contributed by atoms with Crippen LogP contribution in [0.4, 0.5) is 23.2 Å². The zero-order valence-electron chi connectivity index (χ0n) is 10.7. The fourth-order valence-electron chi connectivity index (χ4n) is 1.78. The van der Waals surface area contributed by atoms with Crippen LogP contribution in [0.1, 0.15) is 16.7 Å². The number of halogens is 4. The number of nitriles is 1. The summed E-state index contributed by atoms with van der Waals surface area (Å²) in [6.07, 6.45) is -4.41. The maximum atomic E-state index is 13.6. The Morgan fingerprint density at radius 1 is 1.10 bits per heavy atom. The highest BCUT2D eigenvalue weighted by Crippen LogP contribution is 2.29. The Kier molecular flexibility index (Phi) is 4.13. The summed E-state index contributed by atoms with van der Waals surface area (Å²) >= 11 is 0. The van der Waals surface area contributed by atoms with Crippen molar-refractivity contribution in [3.63, 3.8) is 0 Å². The van der Waals surface area contributed by atoms with Gasteiger partial charge in [-0.05, 0) is 35.9 Å². The standard InChI is InChI=1S/C15H10F4N2/c16-13-7-10(8-20)4-5-14(13)21-9-11-2-1-3-12(6-11)15(17,18)19/h1-7,21H,9H2. The lowest BCUT2D eigenvalue weighted by molar-refractivity contribution is -0.137. The van der Waals surface area contributed by atoms with Gasteiger partial charge in [0.15, 0.2) is 0 Å². The van der Waals surface area contributed by atoms with Crippen molar-refractivity contribution in [1.82, 2.24) is 0 Å². The van der Waals surface area contributed by atoms with E-state index in [0.29, 0.717) is 5.56 Å². The Hall–Kier alpha value is -2.55. The summed E-state index contributed by atoms with van der Waals surface area (Å²) in [7, 11) is 0. The molecule has 0 amide bonds. The Labute approximate surface area is 118 Å². The molecule has 0 saturated carbocycles. The lowest BCUT2D eigenvalue weighted by Crippen LogP contribution is -2.07. The van der Waals surface area contributed by atoms with E-state index in [2.05, 4.69) is 5.32 Å². The third kappa shape index (κ3) is 3.72. The predicted molar refractivity (Wildman–Crippen MR) is 69.9 cm³/mol. The van der Waals surface area contributed by atoms with Gasteiger partial charge in [-0.25, -0.2) is 4.39 Å². The molecular weight excluding hydrogens is 284 g/mol. The molecule has 0 radical (unpaired) electrons. The van der Waals surface area contributed by atoms with Crippen LogP contribution in [0.2, 0.25) is 0 Å². The molecule has 0 fully saturated rings. The highest BCUT2D eigenvalue weighted by Gasteiger charge is 2.30. The number of anilines is 1. The summed E-state index contributed by atoms with van der Waals surface area (Å²) < 4.78 is 51.3. The molecule has 0 bridgehead atoms. The number of hydrogen-bond acceptors (Lipinski definition) is 2. The van der Waals surface area contributed by atoms with Crippen molar-refractivity contribution >= 4 is 5.69 Å². The molecule has 0 aliphatic carbocycles. The average molecular weight is 294 g/mol. The Balaban J connectivity index is 2.12. The fraction of sp³-hybridized carbons (Fsp3) is 0.133. The van der Waals surface area contributed by atoms with Crippen LogP contribution in [0, 0.1) is 17.1 Å². The maximum Gasteiger partial charge on any atom is 0.416 e. The molecule has 0 heterocycles. The predicted octanol–water partition coefficient (Wildman–Crippen LogP) is 4.33. The van der Waals surface area contributed by atoms with E-state index in [1.54, 1.807) is 6.07 Å². The lowest BCUT2D eigenvalue weighted by atomic mass is 10.1. The van der Waals surface area contributed by atoms with E-state index in [-0.39, 0.29) is 17.8 Å². The van der Waals surface area contributed by atoms with Gasteiger partial charge in [0.1, 0.15) is 5.82 Å². The molecule has 108 valence electrons. The number of alkyl halides is 3. The summed E-state index contributed by atoms with van der Waals surface area (Å²) in [5.41, 5.74) is -0.0563. The van der Waals surface area contributed by atoms with Gasteiger partial charge in [0.2, 0.25) is 0 Å². The second-order valence-corrected chi connectivity index (χ2v) is 4.36. The molecule has 2 nitrogen and oxygen atoms in total. The summed E-state index contributed by atoms with van der Waals surface area (Å²) in [6, 6.07) is 10.5. The van der Waals surface area contributed by atoms with Gasteiger partial charge >= 0.3 is 6.18 Å². The Bertz CT molecular complexity index is 687. The lowest BCUT2D eigenvalue weighted by Gasteiger charge is -2.11. The summed E-state index contributed by atoms with van der Waals surface area (Å²) in [4.78, 5) is 0. The minimum absolute atomic E-state index is 0.0484. The van der Waals surface area contributed by atoms with E-state index in [1.807, 2.05) is 0 Å². The van der Waals surface area contributed by atoms with Crippen LogP contribution in [-0.2, 0) is 12.7 Å². The molecule has 0 aliphatic rings. The molecule has 0 saturated heterocycles. The first-order valence-electron chi connectivity index (χ1n) is 6.00. The number of hydrogen-bond donors (Lipinski definition) is 1. The molecular formula is C15H10F4N2. The van der Waals surface area contributed by atoms with Crippen molar-refractivity contribution < 1.29 is 17.6 Å². The van der Waals surface area contributed by atoms with E-state index in [4.69, 9.17) is 5.26 Å². The van der Waals surface area contributed by atoms with E-state index >= 15 is 0 Å².